The zero-order chi connectivity index (χ0) is 20.1. The second kappa shape index (κ2) is 9.45. The Hall–Kier alpha value is -2.02. The Kier molecular flexibility index (Phi) is 6.99. The van der Waals surface area contributed by atoms with Crippen molar-refractivity contribution in [3.05, 3.63) is 29.8 Å². The molecule has 6 nitrogen and oxygen atoms in total. The second-order valence-corrected chi connectivity index (χ2v) is 8.39. The van der Waals surface area contributed by atoms with Gasteiger partial charge in [0.25, 0.3) is 0 Å². The first-order valence-corrected chi connectivity index (χ1v) is 11.2. The van der Waals surface area contributed by atoms with E-state index < -0.39 is 6.04 Å². The average Bonchev–Trinajstić information content (AvgIpc) is 2.98. The van der Waals surface area contributed by atoms with E-state index in [0.717, 1.165) is 37.0 Å². The molecule has 1 aromatic rings. The zero-order valence-electron chi connectivity index (χ0n) is 16.5. The number of hydrogen-bond donors (Lipinski definition) is 1. The molecule has 152 valence electrons. The molecule has 3 atom stereocenters. The number of likely N-dealkylation sites (tertiary alicyclic amines) is 1. The number of nitrogens with one attached hydrogen (secondary N) is 1. The number of benzene rings is 1. The SMILES string of the molecule is COc1ccc(CNC(=O)[C@H](CCSC)N2C(=O)[C@H]3CCCC[C@H]3C2=O)cc1. The van der Waals surface area contributed by atoms with E-state index in [4.69, 9.17) is 4.74 Å². The summed E-state index contributed by atoms with van der Waals surface area (Å²) in [5.41, 5.74) is 0.936. The molecule has 1 saturated carbocycles. The Morgan fingerprint density at radius 2 is 1.79 bits per heavy atom. The number of imide groups is 1. The Bertz CT molecular complexity index is 698. The maximum atomic E-state index is 12.9. The molecule has 1 N–H and O–H groups in total. The van der Waals surface area contributed by atoms with Crippen molar-refractivity contribution in [2.24, 2.45) is 11.8 Å². The summed E-state index contributed by atoms with van der Waals surface area (Å²) in [6, 6.07) is 6.72. The molecule has 2 aliphatic rings. The molecule has 3 rings (SSSR count). The lowest BCUT2D eigenvalue weighted by Gasteiger charge is -2.26. The van der Waals surface area contributed by atoms with E-state index in [2.05, 4.69) is 5.32 Å². The van der Waals surface area contributed by atoms with Crippen molar-refractivity contribution < 1.29 is 19.1 Å². The number of carbonyl (C=O) groups is 3. The number of methoxy groups -OCH3 is 1. The van der Waals surface area contributed by atoms with Crippen LogP contribution in [0.5, 0.6) is 5.75 Å². The van der Waals surface area contributed by atoms with Gasteiger partial charge >= 0.3 is 0 Å². The highest BCUT2D eigenvalue weighted by Gasteiger charge is 2.51. The lowest BCUT2D eigenvalue weighted by molar-refractivity contribution is -0.148. The smallest absolute Gasteiger partial charge is 0.243 e. The number of rotatable bonds is 8. The van der Waals surface area contributed by atoms with Gasteiger partial charge in [-0.1, -0.05) is 25.0 Å². The van der Waals surface area contributed by atoms with Gasteiger partial charge in [-0.2, -0.15) is 11.8 Å². The molecular formula is C21H28N2O4S. The van der Waals surface area contributed by atoms with Crippen LogP contribution in [0.2, 0.25) is 0 Å². The minimum atomic E-state index is -0.726. The van der Waals surface area contributed by atoms with E-state index in [1.54, 1.807) is 18.9 Å². The number of amides is 3. The summed E-state index contributed by atoms with van der Waals surface area (Å²) >= 11 is 1.61. The van der Waals surface area contributed by atoms with Crippen molar-refractivity contribution in [2.45, 2.75) is 44.7 Å². The Balaban J connectivity index is 1.70. The summed E-state index contributed by atoms with van der Waals surface area (Å²) in [6.07, 6.45) is 5.91. The van der Waals surface area contributed by atoms with E-state index in [0.29, 0.717) is 18.7 Å². The van der Waals surface area contributed by atoms with Crippen molar-refractivity contribution in [1.29, 1.82) is 0 Å². The van der Waals surface area contributed by atoms with Gasteiger partial charge in [-0.3, -0.25) is 19.3 Å². The standard InChI is InChI=1S/C21H28N2O4S/c1-27-15-9-7-14(8-10-15)13-22-19(24)18(11-12-28-2)23-20(25)16-5-3-4-6-17(16)21(23)26/h7-10,16-18H,3-6,11-13H2,1-2H3,(H,22,24)/t16-,17+,18-/m0/s1. The molecule has 7 heteroatoms. The van der Waals surface area contributed by atoms with Gasteiger partial charge in [0, 0.05) is 6.54 Å². The highest BCUT2D eigenvalue weighted by molar-refractivity contribution is 7.98. The minimum absolute atomic E-state index is 0.152. The van der Waals surface area contributed by atoms with E-state index in [1.807, 2.05) is 30.5 Å². The number of thioether (sulfide) groups is 1. The molecule has 1 aliphatic heterocycles. The van der Waals surface area contributed by atoms with Crippen LogP contribution in [-0.2, 0) is 20.9 Å². The molecular weight excluding hydrogens is 376 g/mol. The van der Waals surface area contributed by atoms with Crippen molar-refractivity contribution in [3.63, 3.8) is 0 Å². The van der Waals surface area contributed by atoms with Gasteiger partial charge in [0.1, 0.15) is 11.8 Å². The van der Waals surface area contributed by atoms with Gasteiger partial charge in [0.05, 0.1) is 18.9 Å². The average molecular weight is 405 g/mol. The molecule has 1 saturated heterocycles. The Labute approximate surface area is 170 Å². The summed E-state index contributed by atoms with van der Waals surface area (Å²) in [4.78, 5) is 40.0. The molecule has 0 aromatic heterocycles. The monoisotopic (exact) mass is 404 g/mol. The first-order chi connectivity index (χ1) is 13.6. The minimum Gasteiger partial charge on any atom is -0.497 e. The number of nitrogens with zero attached hydrogens (tertiary/aromatic N) is 1. The first-order valence-electron chi connectivity index (χ1n) is 9.83. The highest BCUT2D eigenvalue weighted by atomic mass is 32.2. The maximum absolute atomic E-state index is 12.9. The summed E-state index contributed by atoms with van der Waals surface area (Å²) in [5, 5.41) is 2.91. The summed E-state index contributed by atoms with van der Waals surface area (Å²) in [6.45, 7) is 0.349. The van der Waals surface area contributed by atoms with Crippen LogP contribution in [-0.4, -0.2) is 47.8 Å². The molecule has 0 radical (unpaired) electrons. The molecule has 0 spiro atoms. The van der Waals surface area contributed by atoms with Crippen molar-refractivity contribution in [3.8, 4) is 5.75 Å². The molecule has 28 heavy (non-hydrogen) atoms. The molecule has 1 aromatic carbocycles. The van der Waals surface area contributed by atoms with Crippen LogP contribution >= 0.6 is 11.8 Å². The van der Waals surface area contributed by atoms with Gasteiger partial charge < -0.3 is 10.1 Å². The zero-order valence-corrected chi connectivity index (χ0v) is 17.3. The highest BCUT2D eigenvalue weighted by Crippen LogP contribution is 2.39. The van der Waals surface area contributed by atoms with E-state index in [9.17, 15) is 14.4 Å². The van der Waals surface area contributed by atoms with Crippen molar-refractivity contribution in [2.75, 3.05) is 19.1 Å². The van der Waals surface area contributed by atoms with Crippen molar-refractivity contribution in [1.82, 2.24) is 10.2 Å². The fourth-order valence-corrected chi connectivity index (χ4v) is 4.61. The van der Waals surface area contributed by atoms with Gasteiger partial charge in [-0.15, -0.1) is 0 Å². The van der Waals surface area contributed by atoms with Crippen LogP contribution in [0.15, 0.2) is 24.3 Å². The third kappa shape index (κ3) is 4.35. The number of hydrogen-bond acceptors (Lipinski definition) is 5. The Morgan fingerprint density at radius 3 is 2.32 bits per heavy atom. The van der Waals surface area contributed by atoms with Gasteiger partial charge in [-0.05, 0) is 49.0 Å². The summed E-state index contributed by atoms with van der Waals surface area (Å²) in [7, 11) is 1.61. The largest absolute Gasteiger partial charge is 0.497 e. The molecule has 0 bridgehead atoms. The second-order valence-electron chi connectivity index (χ2n) is 7.41. The lowest BCUT2D eigenvalue weighted by Crippen LogP contribution is -2.50. The molecule has 0 unspecified atom stereocenters. The lowest BCUT2D eigenvalue weighted by atomic mass is 9.81. The van der Waals surface area contributed by atoms with Crippen LogP contribution < -0.4 is 10.1 Å². The molecule has 1 aliphatic carbocycles. The normalized spacial score (nSPS) is 22.7. The predicted molar refractivity (Wildman–Crippen MR) is 109 cm³/mol. The number of fused-ring (bicyclic) bond motifs is 1. The third-order valence-corrected chi connectivity index (χ3v) is 6.35. The maximum Gasteiger partial charge on any atom is 0.243 e. The van der Waals surface area contributed by atoms with Gasteiger partial charge in [0.2, 0.25) is 17.7 Å². The van der Waals surface area contributed by atoms with E-state index in [-0.39, 0.29) is 29.6 Å². The summed E-state index contributed by atoms with van der Waals surface area (Å²) in [5.74, 6) is 0.446. The summed E-state index contributed by atoms with van der Waals surface area (Å²) < 4.78 is 5.14. The van der Waals surface area contributed by atoms with Crippen LogP contribution in [0.4, 0.5) is 0 Å². The van der Waals surface area contributed by atoms with E-state index in [1.165, 1.54) is 4.90 Å². The quantitative estimate of drug-likeness (QED) is 0.674. The van der Waals surface area contributed by atoms with Crippen LogP contribution in [0.25, 0.3) is 0 Å². The van der Waals surface area contributed by atoms with E-state index >= 15 is 0 Å². The fourth-order valence-electron chi connectivity index (χ4n) is 4.15. The molecule has 2 fully saturated rings. The van der Waals surface area contributed by atoms with Gasteiger partial charge in [-0.25, -0.2) is 0 Å². The molecule has 1 heterocycles. The molecule has 3 amide bonds. The first kappa shape index (κ1) is 20.7. The predicted octanol–water partition coefficient (Wildman–Crippen LogP) is 2.61. The van der Waals surface area contributed by atoms with Crippen LogP contribution in [0, 0.1) is 11.8 Å². The third-order valence-electron chi connectivity index (χ3n) is 5.71. The Morgan fingerprint density at radius 1 is 1.18 bits per heavy atom. The van der Waals surface area contributed by atoms with Crippen LogP contribution in [0.1, 0.15) is 37.7 Å². The topological polar surface area (TPSA) is 75.7 Å². The fraction of sp³-hybridized carbons (Fsp3) is 0.571. The van der Waals surface area contributed by atoms with Crippen molar-refractivity contribution >= 4 is 29.5 Å². The van der Waals surface area contributed by atoms with Crippen LogP contribution in [0.3, 0.4) is 0 Å². The number of carbonyl (C=O) groups excluding carboxylic acids is 3. The number of ether oxygens (including phenoxy) is 1. The van der Waals surface area contributed by atoms with Gasteiger partial charge in [0.15, 0.2) is 0 Å².